The fourth-order valence-electron chi connectivity index (χ4n) is 3.48. The van der Waals surface area contributed by atoms with Gasteiger partial charge >= 0.3 is 0 Å². The molecule has 3 aromatic carbocycles. The summed E-state index contributed by atoms with van der Waals surface area (Å²) in [5.41, 5.74) is 5.32. The topological polar surface area (TPSA) is 44.9 Å². The van der Waals surface area contributed by atoms with Crippen LogP contribution in [-0.2, 0) is 0 Å². The number of rotatable bonds is 5. The predicted octanol–water partition coefficient (Wildman–Crippen LogP) is 5.04. The average molecular weight is 354 g/mol. The van der Waals surface area contributed by atoms with Gasteiger partial charge in [-0.1, -0.05) is 66.2 Å². The van der Waals surface area contributed by atoms with Gasteiger partial charge in [-0.3, -0.25) is 4.79 Å². The Morgan fingerprint density at radius 1 is 0.926 bits per heavy atom. The van der Waals surface area contributed by atoms with Crippen LogP contribution in [0.25, 0.3) is 10.9 Å². The van der Waals surface area contributed by atoms with Crippen LogP contribution in [0.4, 0.5) is 0 Å². The molecule has 1 atom stereocenters. The SMILES string of the molecule is Cc1ccc(C(=O)NC[C@H](c2ccccc2)c2c[nH]c3ccccc23)cc1. The third-order valence-electron chi connectivity index (χ3n) is 4.98. The second kappa shape index (κ2) is 7.50. The van der Waals surface area contributed by atoms with Gasteiger partial charge < -0.3 is 10.3 Å². The number of hydrogen-bond donors (Lipinski definition) is 2. The lowest BCUT2D eigenvalue weighted by Gasteiger charge is -2.18. The first-order valence-corrected chi connectivity index (χ1v) is 9.18. The molecular weight excluding hydrogens is 332 g/mol. The fraction of sp³-hybridized carbons (Fsp3) is 0.125. The Hall–Kier alpha value is -3.33. The number of fused-ring (bicyclic) bond motifs is 1. The number of benzene rings is 3. The quantitative estimate of drug-likeness (QED) is 0.518. The van der Waals surface area contributed by atoms with E-state index in [9.17, 15) is 4.79 Å². The van der Waals surface area contributed by atoms with E-state index < -0.39 is 0 Å². The third-order valence-corrected chi connectivity index (χ3v) is 4.98. The fourth-order valence-corrected chi connectivity index (χ4v) is 3.48. The van der Waals surface area contributed by atoms with Crippen LogP contribution in [0.3, 0.4) is 0 Å². The van der Waals surface area contributed by atoms with Crippen LogP contribution in [0.5, 0.6) is 0 Å². The third kappa shape index (κ3) is 3.63. The second-order valence-electron chi connectivity index (χ2n) is 6.83. The average Bonchev–Trinajstić information content (AvgIpc) is 3.13. The van der Waals surface area contributed by atoms with E-state index in [4.69, 9.17) is 0 Å². The molecule has 4 rings (SSSR count). The first-order valence-electron chi connectivity index (χ1n) is 9.18. The Balaban J connectivity index is 1.63. The summed E-state index contributed by atoms with van der Waals surface area (Å²) in [7, 11) is 0. The maximum atomic E-state index is 12.6. The van der Waals surface area contributed by atoms with Gasteiger partial charge in [0.2, 0.25) is 0 Å². The Morgan fingerprint density at radius 2 is 1.63 bits per heavy atom. The zero-order valence-electron chi connectivity index (χ0n) is 15.3. The minimum Gasteiger partial charge on any atom is -0.361 e. The van der Waals surface area contributed by atoms with Crippen molar-refractivity contribution < 1.29 is 4.79 Å². The van der Waals surface area contributed by atoms with Crippen molar-refractivity contribution in [3.63, 3.8) is 0 Å². The number of para-hydroxylation sites is 1. The van der Waals surface area contributed by atoms with Crippen LogP contribution in [-0.4, -0.2) is 17.4 Å². The van der Waals surface area contributed by atoms with Gasteiger partial charge in [0.25, 0.3) is 5.91 Å². The van der Waals surface area contributed by atoms with Gasteiger partial charge in [0.1, 0.15) is 0 Å². The molecule has 2 N–H and O–H groups in total. The summed E-state index contributed by atoms with van der Waals surface area (Å²) in [6.45, 7) is 2.56. The van der Waals surface area contributed by atoms with Crippen molar-refractivity contribution in [3.8, 4) is 0 Å². The first kappa shape index (κ1) is 17.1. The van der Waals surface area contributed by atoms with Gasteiger partial charge in [0.05, 0.1) is 0 Å². The van der Waals surface area contributed by atoms with E-state index in [1.165, 1.54) is 16.5 Å². The Morgan fingerprint density at radius 3 is 2.41 bits per heavy atom. The van der Waals surface area contributed by atoms with Crippen molar-refractivity contribution in [3.05, 3.63) is 107 Å². The van der Waals surface area contributed by atoms with Crippen LogP contribution < -0.4 is 5.32 Å². The molecule has 0 bridgehead atoms. The first-order chi connectivity index (χ1) is 13.2. The summed E-state index contributed by atoms with van der Waals surface area (Å²) in [6.07, 6.45) is 2.06. The van der Waals surface area contributed by atoms with Gasteiger partial charge in [-0.15, -0.1) is 0 Å². The molecule has 27 heavy (non-hydrogen) atoms. The van der Waals surface area contributed by atoms with E-state index in [1.807, 2.05) is 61.5 Å². The number of aromatic nitrogens is 1. The van der Waals surface area contributed by atoms with Crippen molar-refractivity contribution >= 4 is 16.8 Å². The number of H-pyrrole nitrogens is 1. The highest BCUT2D eigenvalue weighted by molar-refractivity contribution is 5.94. The number of aromatic amines is 1. The number of carbonyl (C=O) groups is 1. The lowest BCUT2D eigenvalue weighted by atomic mass is 9.91. The molecule has 0 aliphatic carbocycles. The Bertz CT molecular complexity index is 1050. The molecule has 3 nitrogen and oxygen atoms in total. The lowest BCUT2D eigenvalue weighted by Crippen LogP contribution is -2.28. The number of carbonyl (C=O) groups excluding carboxylic acids is 1. The number of aryl methyl sites for hydroxylation is 1. The van der Waals surface area contributed by atoms with Crippen LogP contribution in [0.15, 0.2) is 85.1 Å². The van der Waals surface area contributed by atoms with Crippen molar-refractivity contribution in [1.29, 1.82) is 0 Å². The minimum atomic E-state index is -0.0456. The maximum Gasteiger partial charge on any atom is 0.251 e. The molecule has 1 amide bonds. The molecule has 0 saturated carbocycles. The monoisotopic (exact) mass is 354 g/mol. The van der Waals surface area contributed by atoms with Gasteiger partial charge in [0.15, 0.2) is 0 Å². The zero-order chi connectivity index (χ0) is 18.6. The molecule has 4 aromatic rings. The molecule has 0 aliphatic heterocycles. The predicted molar refractivity (Wildman–Crippen MR) is 110 cm³/mol. The van der Waals surface area contributed by atoms with Gasteiger partial charge in [-0.25, -0.2) is 0 Å². The Kier molecular flexibility index (Phi) is 4.75. The van der Waals surface area contributed by atoms with E-state index in [-0.39, 0.29) is 11.8 Å². The van der Waals surface area contributed by atoms with Crippen molar-refractivity contribution in [2.75, 3.05) is 6.54 Å². The standard InChI is InChI=1S/C24H22N2O/c1-17-11-13-19(14-12-17)24(27)26-15-21(18-7-3-2-4-8-18)22-16-25-23-10-6-5-9-20(22)23/h2-14,16,21,25H,15H2,1H3,(H,26,27)/t21-/m1/s1. The summed E-state index contributed by atoms with van der Waals surface area (Å²) in [5, 5.41) is 4.31. The smallest absolute Gasteiger partial charge is 0.251 e. The minimum absolute atomic E-state index is 0.0456. The van der Waals surface area contributed by atoms with E-state index >= 15 is 0 Å². The highest BCUT2D eigenvalue weighted by Crippen LogP contribution is 2.30. The molecule has 0 radical (unpaired) electrons. The molecule has 0 unspecified atom stereocenters. The molecule has 3 heteroatoms. The highest BCUT2D eigenvalue weighted by Gasteiger charge is 2.19. The van der Waals surface area contributed by atoms with Crippen molar-refractivity contribution in [2.24, 2.45) is 0 Å². The molecule has 0 spiro atoms. The van der Waals surface area contributed by atoms with E-state index in [0.29, 0.717) is 12.1 Å². The number of hydrogen-bond acceptors (Lipinski definition) is 1. The summed E-state index contributed by atoms with van der Waals surface area (Å²) in [5.74, 6) is 0.0347. The molecular formula is C24H22N2O. The summed E-state index contributed by atoms with van der Waals surface area (Å²) in [6, 6.07) is 26.3. The van der Waals surface area contributed by atoms with Crippen LogP contribution in [0, 0.1) is 6.92 Å². The maximum absolute atomic E-state index is 12.6. The normalized spacial score (nSPS) is 12.0. The van der Waals surface area contributed by atoms with E-state index in [1.54, 1.807) is 0 Å². The van der Waals surface area contributed by atoms with Crippen LogP contribution >= 0.6 is 0 Å². The van der Waals surface area contributed by atoms with Crippen molar-refractivity contribution in [2.45, 2.75) is 12.8 Å². The number of nitrogens with one attached hydrogen (secondary N) is 2. The van der Waals surface area contributed by atoms with Gasteiger partial charge in [-0.05, 0) is 36.2 Å². The largest absolute Gasteiger partial charge is 0.361 e. The van der Waals surface area contributed by atoms with Crippen molar-refractivity contribution in [1.82, 2.24) is 10.3 Å². The van der Waals surface area contributed by atoms with E-state index in [2.05, 4.69) is 40.8 Å². The molecule has 1 heterocycles. The molecule has 0 saturated heterocycles. The summed E-state index contributed by atoms with van der Waals surface area (Å²) >= 11 is 0. The van der Waals surface area contributed by atoms with E-state index in [0.717, 1.165) is 11.1 Å². The number of amides is 1. The molecule has 0 fully saturated rings. The van der Waals surface area contributed by atoms with Crippen LogP contribution in [0.1, 0.15) is 33.0 Å². The summed E-state index contributed by atoms with van der Waals surface area (Å²) in [4.78, 5) is 16.0. The van der Waals surface area contributed by atoms with Crippen LogP contribution in [0.2, 0.25) is 0 Å². The molecule has 1 aromatic heterocycles. The Labute approximate surface area is 159 Å². The summed E-state index contributed by atoms with van der Waals surface area (Å²) < 4.78 is 0. The molecule has 0 aliphatic rings. The lowest BCUT2D eigenvalue weighted by molar-refractivity contribution is 0.0952. The van der Waals surface area contributed by atoms with Gasteiger partial charge in [0, 0.05) is 35.1 Å². The zero-order valence-corrected chi connectivity index (χ0v) is 15.3. The second-order valence-corrected chi connectivity index (χ2v) is 6.83. The van der Waals surface area contributed by atoms with Gasteiger partial charge in [-0.2, -0.15) is 0 Å². The molecule has 134 valence electrons. The highest BCUT2D eigenvalue weighted by atomic mass is 16.1.